The fraction of sp³-hybridized carbons (Fsp3) is 0.647. The van der Waals surface area contributed by atoms with Crippen LogP contribution in [0.3, 0.4) is 0 Å². The van der Waals surface area contributed by atoms with Gasteiger partial charge in [0, 0.05) is 19.1 Å². The standard InChI is InChI=1S/C17H30N2O/c1-6-14(3)17(18-7-2)13-19(4)12-15-9-8-10-16(11-15)20-5/h8-11,14,17-18H,6-7,12-13H2,1-5H3. The maximum Gasteiger partial charge on any atom is 0.119 e. The van der Waals surface area contributed by atoms with Crippen molar-refractivity contribution < 1.29 is 4.74 Å². The lowest BCUT2D eigenvalue weighted by Crippen LogP contribution is -2.43. The van der Waals surface area contributed by atoms with Crippen molar-refractivity contribution in [3.05, 3.63) is 29.8 Å². The minimum absolute atomic E-state index is 0.556. The van der Waals surface area contributed by atoms with Crippen molar-refractivity contribution in [3.63, 3.8) is 0 Å². The maximum absolute atomic E-state index is 5.28. The van der Waals surface area contributed by atoms with Gasteiger partial charge in [-0.05, 0) is 37.2 Å². The third-order valence-electron chi connectivity index (χ3n) is 3.89. The highest BCUT2D eigenvalue weighted by molar-refractivity contribution is 5.28. The van der Waals surface area contributed by atoms with Gasteiger partial charge < -0.3 is 15.0 Å². The first-order valence-electron chi connectivity index (χ1n) is 7.65. The van der Waals surface area contributed by atoms with E-state index in [1.54, 1.807) is 7.11 Å². The van der Waals surface area contributed by atoms with E-state index in [-0.39, 0.29) is 0 Å². The van der Waals surface area contributed by atoms with Gasteiger partial charge in [-0.25, -0.2) is 0 Å². The van der Waals surface area contributed by atoms with Crippen molar-refractivity contribution in [2.24, 2.45) is 5.92 Å². The average Bonchev–Trinajstić information content (AvgIpc) is 2.46. The number of hydrogen-bond acceptors (Lipinski definition) is 3. The van der Waals surface area contributed by atoms with Crippen LogP contribution in [0.1, 0.15) is 32.8 Å². The first kappa shape index (κ1) is 17.0. The SMILES string of the molecule is CCNC(CN(C)Cc1cccc(OC)c1)C(C)CC. The van der Waals surface area contributed by atoms with Gasteiger partial charge in [0.2, 0.25) is 0 Å². The molecule has 3 heteroatoms. The number of nitrogens with one attached hydrogen (secondary N) is 1. The van der Waals surface area contributed by atoms with Crippen LogP contribution < -0.4 is 10.1 Å². The van der Waals surface area contributed by atoms with Crippen LogP contribution in [0.5, 0.6) is 5.75 Å². The monoisotopic (exact) mass is 278 g/mol. The highest BCUT2D eigenvalue weighted by atomic mass is 16.5. The number of ether oxygens (including phenoxy) is 1. The molecule has 1 aromatic rings. The van der Waals surface area contributed by atoms with E-state index in [2.05, 4.69) is 56.2 Å². The maximum atomic E-state index is 5.28. The normalized spacial score (nSPS) is 14.3. The van der Waals surface area contributed by atoms with Crippen LogP contribution in [0.25, 0.3) is 0 Å². The van der Waals surface area contributed by atoms with Crippen LogP contribution >= 0.6 is 0 Å². The number of methoxy groups -OCH3 is 1. The molecule has 1 rings (SSSR count). The number of hydrogen-bond donors (Lipinski definition) is 1. The zero-order valence-electron chi connectivity index (χ0n) is 13.6. The third kappa shape index (κ3) is 5.51. The molecule has 0 aliphatic heterocycles. The molecule has 1 N–H and O–H groups in total. The Bertz CT molecular complexity index is 381. The molecule has 0 fully saturated rings. The fourth-order valence-electron chi connectivity index (χ4n) is 2.48. The minimum Gasteiger partial charge on any atom is -0.497 e. The highest BCUT2D eigenvalue weighted by Gasteiger charge is 2.16. The predicted octanol–water partition coefficient (Wildman–Crippen LogP) is 3.15. The van der Waals surface area contributed by atoms with Gasteiger partial charge in [-0.15, -0.1) is 0 Å². The van der Waals surface area contributed by atoms with Crippen molar-refractivity contribution in [2.45, 2.75) is 39.8 Å². The van der Waals surface area contributed by atoms with Gasteiger partial charge in [0.25, 0.3) is 0 Å². The Hall–Kier alpha value is -1.06. The smallest absolute Gasteiger partial charge is 0.119 e. The van der Waals surface area contributed by atoms with E-state index in [0.29, 0.717) is 12.0 Å². The Balaban J connectivity index is 2.57. The molecule has 0 radical (unpaired) electrons. The predicted molar refractivity (Wildman–Crippen MR) is 86.2 cm³/mol. The Kier molecular flexibility index (Phi) is 7.63. The summed E-state index contributed by atoms with van der Waals surface area (Å²) in [6.07, 6.45) is 1.21. The van der Waals surface area contributed by atoms with Crippen LogP contribution in [0.4, 0.5) is 0 Å². The van der Waals surface area contributed by atoms with Crippen molar-refractivity contribution in [1.29, 1.82) is 0 Å². The molecule has 2 atom stereocenters. The van der Waals surface area contributed by atoms with E-state index >= 15 is 0 Å². The highest BCUT2D eigenvalue weighted by Crippen LogP contribution is 2.15. The van der Waals surface area contributed by atoms with E-state index in [9.17, 15) is 0 Å². The van der Waals surface area contributed by atoms with Gasteiger partial charge >= 0.3 is 0 Å². The lowest BCUT2D eigenvalue weighted by molar-refractivity contribution is 0.240. The molecule has 20 heavy (non-hydrogen) atoms. The Morgan fingerprint density at radius 2 is 2.05 bits per heavy atom. The van der Waals surface area contributed by atoms with Crippen LogP contribution in [-0.4, -0.2) is 38.2 Å². The van der Waals surface area contributed by atoms with E-state index in [4.69, 9.17) is 4.74 Å². The lowest BCUT2D eigenvalue weighted by atomic mass is 9.98. The molecule has 114 valence electrons. The molecule has 0 aromatic heterocycles. The molecular formula is C17H30N2O. The summed E-state index contributed by atoms with van der Waals surface area (Å²) < 4.78 is 5.28. The molecule has 0 saturated carbocycles. The third-order valence-corrected chi connectivity index (χ3v) is 3.89. The quantitative estimate of drug-likeness (QED) is 0.751. The number of rotatable bonds is 9. The summed E-state index contributed by atoms with van der Waals surface area (Å²) in [6, 6.07) is 8.87. The van der Waals surface area contributed by atoms with Gasteiger partial charge in [-0.1, -0.05) is 39.3 Å². The second kappa shape index (κ2) is 8.98. The van der Waals surface area contributed by atoms with Crippen molar-refractivity contribution in [2.75, 3.05) is 27.2 Å². The summed E-state index contributed by atoms with van der Waals surface area (Å²) in [5.74, 6) is 1.63. The zero-order valence-corrected chi connectivity index (χ0v) is 13.6. The fourth-order valence-corrected chi connectivity index (χ4v) is 2.48. The van der Waals surface area contributed by atoms with E-state index in [0.717, 1.165) is 25.4 Å². The molecule has 0 spiro atoms. The van der Waals surface area contributed by atoms with Gasteiger partial charge in [0.05, 0.1) is 7.11 Å². The van der Waals surface area contributed by atoms with Gasteiger partial charge in [-0.2, -0.15) is 0 Å². The second-order valence-corrected chi connectivity index (χ2v) is 5.60. The van der Waals surface area contributed by atoms with Gasteiger partial charge in [-0.3, -0.25) is 0 Å². The van der Waals surface area contributed by atoms with Crippen LogP contribution in [0.15, 0.2) is 24.3 Å². The van der Waals surface area contributed by atoms with E-state index in [1.165, 1.54) is 12.0 Å². The van der Waals surface area contributed by atoms with Crippen molar-refractivity contribution in [1.82, 2.24) is 10.2 Å². The molecule has 0 aliphatic carbocycles. The van der Waals surface area contributed by atoms with Crippen molar-refractivity contribution >= 4 is 0 Å². The zero-order chi connectivity index (χ0) is 15.0. The number of nitrogens with zero attached hydrogens (tertiary/aromatic N) is 1. The molecule has 0 saturated heterocycles. The summed E-state index contributed by atoms with van der Waals surface area (Å²) in [6.45, 7) is 9.82. The summed E-state index contributed by atoms with van der Waals surface area (Å²) >= 11 is 0. The number of likely N-dealkylation sites (N-methyl/N-ethyl adjacent to an activating group) is 2. The topological polar surface area (TPSA) is 24.5 Å². The lowest BCUT2D eigenvalue weighted by Gasteiger charge is -2.29. The molecule has 0 bridgehead atoms. The van der Waals surface area contributed by atoms with Gasteiger partial charge in [0.15, 0.2) is 0 Å². The summed E-state index contributed by atoms with van der Waals surface area (Å²) in [4.78, 5) is 2.38. The molecule has 0 heterocycles. The summed E-state index contributed by atoms with van der Waals surface area (Å²) in [5.41, 5.74) is 1.30. The minimum atomic E-state index is 0.556. The van der Waals surface area contributed by atoms with Crippen LogP contribution in [0.2, 0.25) is 0 Å². The molecule has 1 aromatic carbocycles. The first-order chi connectivity index (χ1) is 9.60. The Morgan fingerprint density at radius 1 is 1.30 bits per heavy atom. The van der Waals surface area contributed by atoms with Gasteiger partial charge in [0.1, 0.15) is 5.75 Å². The van der Waals surface area contributed by atoms with Crippen LogP contribution in [0, 0.1) is 5.92 Å². The van der Waals surface area contributed by atoms with Crippen LogP contribution in [-0.2, 0) is 6.54 Å². The Morgan fingerprint density at radius 3 is 2.65 bits per heavy atom. The Labute approximate surface area is 124 Å². The second-order valence-electron chi connectivity index (χ2n) is 5.60. The van der Waals surface area contributed by atoms with Crippen molar-refractivity contribution in [3.8, 4) is 5.75 Å². The molecule has 2 unspecified atom stereocenters. The largest absolute Gasteiger partial charge is 0.497 e. The molecule has 0 aliphatic rings. The molecule has 0 amide bonds. The number of benzene rings is 1. The summed E-state index contributed by atoms with van der Waals surface area (Å²) in [7, 11) is 3.90. The average molecular weight is 278 g/mol. The first-order valence-corrected chi connectivity index (χ1v) is 7.65. The molecule has 3 nitrogen and oxygen atoms in total. The molecular weight excluding hydrogens is 248 g/mol. The van der Waals surface area contributed by atoms with E-state index in [1.807, 2.05) is 6.07 Å². The van der Waals surface area contributed by atoms with E-state index < -0.39 is 0 Å². The summed E-state index contributed by atoms with van der Waals surface area (Å²) in [5, 5.41) is 3.61.